The number of allylic oxidation sites excluding steroid dienone is 1. The Kier molecular flexibility index (Phi) is 4.67. The van der Waals surface area contributed by atoms with Crippen LogP contribution in [0.15, 0.2) is 43.0 Å². The lowest BCUT2D eigenvalue weighted by Gasteiger charge is -2.20. The molecule has 0 saturated carbocycles. The van der Waals surface area contributed by atoms with E-state index in [9.17, 15) is 0 Å². The quantitative estimate of drug-likeness (QED) is 0.506. The van der Waals surface area contributed by atoms with Gasteiger partial charge in [0, 0.05) is 8.80 Å². The van der Waals surface area contributed by atoms with Gasteiger partial charge in [0.05, 0.1) is 0 Å². The van der Waals surface area contributed by atoms with Crippen molar-refractivity contribution < 1.29 is 0 Å². The maximum absolute atomic E-state index is 3.99. The highest BCUT2D eigenvalue weighted by molar-refractivity contribution is 6.60. The summed E-state index contributed by atoms with van der Waals surface area (Å²) in [4.78, 5) is 0. The summed E-state index contributed by atoms with van der Waals surface area (Å²) in [5.41, 5.74) is 2.12. The van der Waals surface area contributed by atoms with Gasteiger partial charge in [-0.15, -0.1) is 6.58 Å². The molecule has 1 aromatic rings. The Labute approximate surface area is 89.3 Å². The maximum Gasteiger partial charge on any atom is 0.0491 e. The van der Waals surface area contributed by atoms with E-state index in [1.807, 2.05) is 0 Å². The summed E-state index contributed by atoms with van der Waals surface area (Å²) in [7, 11) is -0.652. The van der Waals surface area contributed by atoms with Gasteiger partial charge >= 0.3 is 0 Å². The Morgan fingerprint density at radius 2 is 1.79 bits per heavy atom. The fourth-order valence-corrected chi connectivity index (χ4v) is 4.82. The summed E-state index contributed by atoms with van der Waals surface area (Å²) in [6.07, 6.45) is 2.15. The van der Waals surface area contributed by atoms with E-state index in [1.165, 1.54) is 17.7 Å². The second-order valence-corrected chi connectivity index (χ2v) is 7.62. The van der Waals surface area contributed by atoms with Gasteiger partial charge in [-0.05, 0) is 11.1 Å². The molecule has 14 heavy (non-hydrogen) atoms. The third-order valence-electron chi connectivity index (χ3n) is 3.00. The largest absolute Gasteiger partial charge is 0.103 e. The van der Waals surface area contributed by atoms with E-state index in [1.54, 1.807) is 0 Å². The van der Waals surface area contributed by atoms with Crippen LogP contribution in [0.3, 0.4) is 0 Å². The van der Waals surface area contributed by atoms with Gasteiger partial charge in [0.15, 0.2) is 0 Å². The van der Waals surface area contributed by atoms with Crippen LogP contribution in [0.2, 0.25) is 12.1 Å². The van der Waals surface area contributed by atoms with Gasteiger partial charge in [-0.2, -0.15) is 0 Å². The minimum Gasteiger partial charge on any atom is -0.103 e. The van der Waals surface area contributed by atoms with Crippen molar-refractivity contribution in [2.75, 3.05) is 0 Å². The summed E-state index contributed by atoms with van der Waals surface area (Å²) in [5, 5.41) is 0. The van der Waals surface area contributed by atoms with E-state index in [4.69, 9.17) is 0 Å². The second kappa shape index (κ2) is 5.81. The Morgan fingerprint density at radius 1 is 1.21 bits per heavy atom. The van der Waals surface area contributed by atoms with Crippen LogP contribution in [-0.2, 0) is 0 Å². The highest BCUT2D eigenvalue weighted by Crippen LogP contribution is 2.23. The fourth-order valence-electron chi connectivity index (χ4n) is 2.07. The molecule has 76 valence electrons. The molecule has 0 aliphatic carbocycles. The minimum atomic E-state index is -0.652. The van der Waals surface area contributed by atoms with Crippen molar-refractivity contribution in [1.29, 1.82) is 0 Å². The van der Waals surface area contributed by atoms with Gasteiger partial charge in [-0.25, -0.2) is 0 Å². The average Bonchev–Trinajstić information content (AvgIpc) is 2.27. The summed E-state index contributed by atoms with van der Waals surface area (Å²) < 4.78 is 0. The first-order valence-corrected chi connectivity index (χ1v) is 7.80. The Morgan fingerprint density at radius 3 is 2.21 bits per heavy atom. The van der Waals surface area contributed by atoms with Crippen LogP contribution in [0.5, 0.6) is 0 Å². The monoisotopic (exact) mass is 204 g/mol. The molecule has 0 aliphatic heterocycles. The molecule has 1 rings (SSSR count). The van der Waals surface area contributed by atoms with Crippen LogP contribution < -0.4 is 0 Å². The van der Waals surface area contributed by atoms with Gasteiger partial charge in [0.2, 0.25) is 0 Å². The normalized spacial score (nSPS) is 12.8. The van der Waals surface area contributed by atoms with E-state index in [-0.39, 0.29) is 0 Å². The summed E-state index contributed by atoms with van der Waals surface area (Å²) in [5.74, 6) is 0. The lowest BCUT2D eigenvalue weighted by atomic mass is 10.1. The Hall–Kier alpha value is -0.823. The van der Waals surface area contributed by atoms with Gasteiger partial charge < -0.3 is 0 Å². The first-order chi connectivity index (χ1) is 6.83. The van der Waals surface area contributed by atoms with Gasteiger partial charge in [0.25, 0.3) is 0 Å². The molecule has 0 heterocycles. The third kappa shape index (κ3) is 2.58. The second-order valence-electron chi connectivity index (χ2n) is 3.75. The molecule has 1 unspecified atom stereocenters. The van der Waals surface area contributed by atoms with Crippen LogP contribution in [0.1, 0.15) is 25.0 Å². The van der Waals surface area contributed by atoms with Crippen molar-refractivity contribution in [1.82, 2.24) is 0 Å². The molecular weight excluding hydrogens is 184 g/mol. The van der Waals surface area contributed by atoms with Crippen molar-refractivity contribution in [3.8, 4) is 0 Å². The van der Waals surface area contributed by atoms with Crippen molar-refractivity contribution >= 4 is 8.80 Å². The molecule has 0 spiro atoms. The first kappa shape index (κ1) is 11.3. The molecule has 0 saturated heterocycles. The van der Waals surface area contributed by atoms with Gasteiger partial charge in [0.1, 0.15) is 0 Å². The van der Waals surface area contributed by atoms with Crippen molar-refractivity contribution in [2.45, 2.75) is 31.5 Å². The van der Waals surface area contributed by atoms with Crippen molar-refractivity contribution in [3.63, 3.8) is 0 Å². The molecule has 1 atom stereocenters. The zero-order valence-electron chi connectivity index (χ0n) is 9.24. The SMILES string of the molecule is C=CC(c1ccccc1)[SiH](CC)CC. The van der Waals surface area contributed by atoms with Crippen LogP contribution in [0.25, 0.3) is 0 Å². The Balaban J connectivity index is 2.86. The minimum absolute atomic E-state index is 0.652. The number of benzene rings is 1. The summed E-state index contributed by atoms with van der Waals surface area (Å²) in [6.45, 7) is 8.63. The lowest BCUT2D eigenvalue weighted by molar-refractivity contribution is 1.11. The molecule has 0 N–H and O–H groups in total. The van der Waals surface area contributed by atoms with E-state index in [0.717, 1.165) is 0 Å². The van der Waals surface area contributed by atoms with E-state index in [2.05, 4.69) is 56.8 Å². The highest BCUT2D eigenvalue weighted by Gasteiger charge is 2.17. The van der Waals surface area contributed by atoms with Crippen LogP contribution in [-0.4, -0.2) is 8.80 Å². The molecule has 1 heteroatoms. The predicted molar refractivity (Wildman–Crippen MR) is 67.5 cm³/mol. The van der Waals surface area contributed by atoms with E-state index in [0.29, 0.717) is 5.54 Å². The molecule has 0 nitrogen and oxygen atoms in total. The van der Waals surface area contributed by atoms with Crippen molar-refractivity contribution in [2.24, 2.45) is 0 Å². The lowest BCUT2D eigenvalue weighted by Crippen LogP contribution is -2.19. The zero-order valence-corrected chi connectivity index (χ0v) is 10.4. The number of hydrogen-bond acceptors (Lipinski definition) is 0. The summed E-state index contributed by atoms with van der Waals surface area (Å²) >= 11 is 0. The average molecular weight is 204 g/mol. The molecule has 0 bridgehead atoms. The highest BCUT2D eigenvalue weighted by atomic mass is 28.3. The van der Waals surface area contributed by atoms with Crippen LogP contribution in [0, 0.1) is 0 Å². The Bertz CT molecular complexity index is 262. The van der Waals surface area contributed by atoms with Crippen LogP contribution >= 0.6 is 0 Å². The number of rotatable bonds is 5. The van der Waals surface area contributed by atoms with Crippen LogP contribution in [0.4, 0.5) is 0 Å². The molecular formula is C13H20Si. The number of hydrogen-bond donors (Lipinski definition) is 0. The topological polar surface area (TPSA) is 0 Å². The maximum atomic E-state index is 3.99. The molecule has 0 aromatic heterocycles. The zero-order chi connectivity index (χ0) is 10.4. The van der Waals surface area contributed by atoms with E-state index < -0.39 is 8.80 Å². The standard InChI is InChI=1S/C13H20Si/c1-4-13(14(5-2)6-3)12-10-8-7-9-11-12/h4,7-11,13-14H,1,5-6H2,2-3H3. The predicted octanol–water partition coefficient (Wildman–Crippen LogP) is 3.76. The molecule has 0 aliphatic rings. The molecule has 0 amide bonds. The smallest absolute Gasteiger partial charge is 0.0491 e. The molecule has 0 radical (unpaired) electrons. The van der Waals surface area contributed by atoms with Gasteiger partial charge in [-0.3, -0.25) is 0 Å². The fraction of sp³-hybridized carbons (Fsp3) is 0.385. The van der Waals surface area contributed by atoms with Gasteiger partial charge in [-0.1, -0.05) is 62.3 Å². The summed E-state index contributed by atoms with van der Waals surface area (Å²) in [6, 6.07) is 13.5. The van der Waals surface area contributed by atoms with E-state index >= 15 is 0 Å². The first-order valence-electron chi connectivity index (χ1n) is 5.50. The third-order valence-corrected chi connectivity index (χ3v) is 6.77. The van der Waals surface area contributed by atoms with Crippen molar-refractivity contribution in [3.05, 3.63) is 48.6 Å². The molecule has 0 fully saturated rings. The molecule has 1 aromatic carbocycles.